The number of hydrogen-bond acceptors (Lipinski definition) is 4. The molecule has 1 aromatic heterocycles. The van der Waals surface area contributed by atoms with E-state index in [9.17, 15) is 12.8 Å². The van der Waals surface area contributed by atoms with E-state index in [0.717, 1.165) is 6.07 Å². The third-order valence-electron chi connectivity index (χ3n) is 3.70. The lowest BCUT2D eigenvalue weighted by Crippen LogP contribution is -2.15. The van der Waals surface area contributed by atoms with Gasteiger partial charge in [0.15, 0.2) is 0 Å². The van der Waals surface area contributed by atoms with Crippen molar-refractivity contribution in [3.63, 3.8) is 0 Å². The molecule has 0 aliphatic heterocycles. The van der Waals surface area contributed by atoms with Gasteiger partial charge in [0, 0.05) is 5.69 Å². The van der Waals surface area contributed by atoms with Gasteiger partial charge in [0.25, 0.3) is 10.0 Å². The molecule has 0 fully saturated rings. The number of nitriles is 1. The van der Waals surface area contributed by atoms with E-state index in [-0.39, 0.29) is 5.82 Å². The lowest BCUT2D eigenvalue weighted by molar-refractivity contribution is 0.570. The standard InChI is InChI=1S/C19H14FN3O2S/c1-13-3-2-4-19(22-13)23-26(24,25)18-10-9-16(11-17(18)20)15-7-5-14(12-21)6-8-15/h2-11H,1H3,(H,22,23). The van der Waals surface area contributed by atoms with Gasteiger partial charge in [-0.25, -0.2) is 17.8 Å². The summed E-state index contributed by atoms with van der Waals surface area (Å²) in [5, 5.41) is 8.82. The number of aromatic nitrogens is 1. The highest BCUT2D eigenvalue weighted by Gasteiger charge is 2.20. The number of nitrogens with one attached hydrogen (secondary N) is 1. The fraction of sp³-hybridized carbons (Fsp3) is 0.0526. The van der Waals surface area contributed by atoms with E-state index in [1.807, 2.05) is 6.07 Å². The van der Waals surface area contributed by atoms with Crippen molar-refractivity contribution in [2.45, 2.75) is 11.8 Å². The summed E-state index contributed by atoms with van der Waals surface area (Å²) in [6, 6.07) is 17.3. The van der Waals surface area contributed by atoms with Crippen LogP contribution in [0.4, 0.5) is 10.2 Å². The van der Waals surface area contributed by atoms with Gasteiger partial charge in [-0.1, -0.05) is 24.3 Å². The molecule has 2 aromatic carbocycles. The number of benzene rings is 2. The van der Waals surface area contributed by atoms with E-state index in [4.69, 9.17) is 5.26 Å². The molecule has 0 saturated heterocycles. The van der Waals surface area contributed by atoms with Crippen LogP contribution in [-0.4, -0.2) is 13.4 Å². The first-order valence-electron chi connectivity index (χ1n) is 7.65. The summed E-state index contributed by atoms with van der Waals surface area (Å²) in [6.45, 7) is 1.73. The summed E-state index contributed by atoms with van der Waals surface area (Å²) in [6.07, 6.45) is 0. The van der Waals surface area contributed by atoms with Crippen molar-refractivity contribution in [3.05, 3.63) is 77.7 Å². The average molecular weight is 367 g/mol. The van der Waals surface area contributed by atoms with Crippen LogP contribution in [0.25, 0.3) is 11.1 Å². The number of sulfonamides is 1. The van der Waals surface area contributed by atoms with E-state index >= 15 is 0 Å². The number of rotatable bonds is 4. The molecular weight excluding hydrogens is 353 g/mol. The summed E-state index contributed by atoms with van der Waals surface area (Å²) in [7, 11) is -4.10. The topological polar surface area (TPSA) is 82.9 Å². The quantitative estimate of drug-likeness (QED) is 0.759. The van der Waals surface area contributed by atoms with Crippen molar-refractivity contribution >= 4 is 15.8 Å². The lowest BCUT2D eigenvalue weighted by Gasteiger charge is -2.10. The number of anilines is 1. The number of pyridine rings is 1. The maximum atomic E-state index is 14.5. The minimum atomic E-state index is -4.10. The van der Waals surface area contributed by atoms with Crippen LogP contribution in [0.15, 0.2) is 65.6 Å². The molecule has 0 atom stereocenters. The van der Waals surface area contributed by atoms with E-state index in [1.54, 1.807) is 43.3 Å². The van der Waals surface area contributed by atoms with Crippen LogP contribution >= 0.6 is 0 Å². The zero-order valence-electron chi connectivity index (χ0n) is 13.8. The van der Waals surface area contributed by atoms with Crippen molar-refractivity contribution in [1.82, 2.24) is 4.98 Å². The summed E-state index contributed by atoms with van der Waals surface area (Å²) in [4.78, 5) is 3.60. The third kappa shape index (κ3) is 3.71. The molecule has 1 heterocycles. The van der Waals surface area contributed by atoms with Crippen LogP contribution in [0, 0.1) is 24.1 Å². The van der Waals surface area contributed by atoms with Gasteiger partial charge in [0.1, 0.15) is 16.5 Å². The fourth-order valence-electron chi connectivity index (χ4n) is 2.43. The van der Waals surface area contributed by atoms with Crippen molar-refractivity contribution in [3.8, 4) is 17.2 Å². The number of nitrogens with zero attached hydrogens (tertiary/aromatic N) is 2. The van der Waals surface area contributed by atoms with Crippen LogP contribution in [0.5, 0.6) is 0 Å². The van der Waals surface area contributed by atoms with Gasteiger partial charge < -0.3 is 0 Å². The van der Waals surface area contributed by atoms with Crippen molar-refractivity contribution < 1.29 is 12.8 Å². The van der Waals surface area contributed by atoms with Crippen molar-refractivity contribution in [2.24, 2.45) is 0 Å². The van der Waals surface area contributed by atoms with E-state index in [0.29, 0.717) is 22.4 Å². The van der Waals surface area contributed by atoms with Crippen LogP contribution in [0.3, 0.4) is 0 Å². The fourth-order valence-corrected chi connectivity index (χ4v) is 3.49. The monoisotopic (exact) mass is 367 g/mol. The average Bonchev–Trinajstić information content (AvgIpc) is 2.61. The first-order chi connectivity index (χ1) is 12.4. The Balaban J connectivity index is 1.92. The first kappa shape index (κ1) is 17.6. The zero-order valence-corrected chi connectivity index (χ0v) is 14.6. The molecule has 0 radical (unpaired) electrons. The predicted octanol–water partition coefficient (Wildman–Crippen LogP) is 3.87. The Morgan fingerprint density at radius 1 is 1.04 bits per heavy atom. The predicted molar refractivity (Wildman–Crippen MR) is 96.3 cm³/mol. The van der Waals surface area contributed by atoms with Crippen LogP contribution < -0.4 is 4.72 Å². The van der Waals surface area contributed by atoms with E-state index in [1.165, 1.54) is 18.2 Å². The minimum absolute atomic E-state index is 0.126. The largest absolute Gasteiger partial charge is 0.265 e. The SMILES string of the molecule is Cc1cccc(NS(=O)(=O)c2ccc(-c3ccc(C#N)cc3)cc2F)n1. The molecule has 0 unspecified atom stereocenters. The van der Waals surface area contributed by atoms with Gasteiger partial charge >= 0.3 is 0 Å². The Morgan fingerprint density at radius 2 is 1.73 bits per heavy atom. The van der Waals surface area contributed by atoms with Crippen LogP contribution in [0.2, 0.25) is 0 Å². The molecule has 3 aromatic rings. The summed E-state index contributed by atoms with van der Waals surface area (Å²) < 4.78 is 41.6. The number of hydrogen-bond donors (Lipinski definition) is 1. The molecule has 0 aliphatic carbocycles. The first-order valence-corrected chi connectivity index (χ1v) is 9.14. The highest BCUT2D eigenvalue weighted by molar-refractivity contribution is 7.92. The molecule has 7 heteroatoms. The van der Waals surface area contributed by atoms with Gasteiger partial charge in [0.05, 0.1) is 11.6 Å². The Morgan fingerprint density at radius 3 is 2.35 bits per heavy atom. The Bertz CT molecular complexity index is 1100. The maximum Gasteiger partial charge on any atom is 0.265 e. The van der Waals surface area contributed by atoms with Gasteiger partial charge in [0.2, 0.25) is 0 Å². The van der Waals surface area contributed by atoms with Gasteiger partial charge in [-0.15, -0.1) is 0 Å². The number of aryl methyl sites for hydroxylation is 1. The third-order valence-corrected chi connectivity index (χ3v) is 5.08. The Labute approximate surface area is 150 Å². The van der Waals surface area contributed by atoms with Gasteiger partial charge in [-0.3, -0.25) is 4.72 Å². The van der Waals surface area contributed by atoms with Crippen LogP contribution in [0.1, 0.15) is 11.3 Å². The molecule has 0 aliphatic rings. The molecule has 1 N–H and O–H groups in total. The second-order valence-corrected chi connectivity index (χ2v) is 7.25. The van der Waals surface area contributed by atoms with E-state index < -0.39 is 20.7 Å². The van der Waals surface area contributed by atoms with E-state index in [2.05, 4.69) is 9.71 Å². The molecule has 26 heavy (non-hydrogen) atoms. The highest BCUT2D eigenvalue weighted by Crippen LogP contribution is 2.25. The number of halogens is 1. The van der Waals surface area contributed by atoms with Crippen LogP contribution in [-0.2, 0) is 10.0 Å². The molecule has 3 rings (SSSR count). The second kappa shape index (κ2) is 6.94. The Kier molecular flexibility index (Phi) is 4.69. The maximum absolute atomic E-state index is 14.5. The smallest absolute Gasteiger partial charge is 0.263 e. The zero-order chi connectivity index (χ0) is 18.7. The highest BCUT2D eigenvalue weighted by atomic mass is 32.2. The summed E-state index contributed by atoms with van der Waals surface area (Å²) in [5.41, 5.74) is 2.32. The second-order valence-electron chi connectivity index (χ2n) is 5.60. The molecule has 0 spiro atoms. The molecule has 130 valence electrons. The van der Waals surface area contributed by atoms with Gasteiger partial charge in [-0.05, 0) is 54.4 Å². The molecule has 0 saturated carbocycles. The molecule has 0 bridgehead atoms. The molecule has 5 nitrogen and oxygen atoms in total. The summed E-state index contributed by atoms with van der Waals surface area (Å²) >= 11 is 0. The minimum Gasteiger partial charge on any atom is -0.263 e. The normalized spacial score (nSPS) is 11.0. The van der Waals surface area contributed by atoms with Gasteiger partial charge in [-0.2, -0.15) is 5.26 Å². The molecular formula is C19H14FN3O2S. The van der Waals surface area contributed by atoms with Crippen molar-refractivity contribution in [1.29, 1.82) is 5.26 Å². The Hall–Kier alpha value is -3.24. The lowest BCUT2D eigenvalue weighted by atomic mass is 10.0. The summed E-state index contributed by atoms with van der Waals surface area (Å²) in [5.74, 6) is -0.743. The molecule has 0 amide bonds. The van der Waals surface area contributed by atoms with Crippen molar-refractivity contribution in [2.75, 3.05) is 4.72 Å².